The molecule has 1 unspecified atom stereocenters. The number of carbonyl (C=O) groups is 2. The first kappa shape index (κ1) is 10.4. The Balaban J connectivity index is 2.10. The molecule has 0 aromatic heterocycles. The molecule has 2 heterocycles. The zero-order chi connectivity index (χ0) is 10.8. The van der Waals surface area contributed by atoms with Gasteiger partial charge in [0.2, 0.25) is 0 Å². The minimum atomic E-state index is -0.147. The van der Waals surface area contributed by atoms with Gasteiger partial charge in [-0.05, 0) is 26.3 Å². The van der Waals surface area contributed by atoms with Crippen LogP contribution in [0.5, 0.6) is 0 Å². The molecule has 15 heavy (non-hydrogen) atoms. The number of rotatable bonds is 1. The molecule has 1 atom stereocenters. The largest absolute Gasteiger partial charge is 0.315 e. The molecule has 2 rings (SSSR count). The van der Waals surface area contributed by atoms with Gasteiger partial charge < -0.3 is 5.32 Å². The summed E-state index contributed by atoms with van der Waals surface area (Å²) in [6.45, 7) is 3.42. The Bertz CT molecular complexity index is 315. The van der Waals surface area contributed by atoms with Crippen molar-refractivity contribution in [3.8, 4) is 0 Å². The second-order valence-electron chi connectivity index (χ2n) is 4.19. The van der Waals surface area contributed by atoms with Gasteiger partial charge in [-0.25, -0.2) is 0 Å². The first-order valence-corrected chi connectivity index (χ1v) is 5.46. The summed E-state index contributed by atoms with van der Waals surface area (Å²) in [4.78, 5) is 24.8. The van der Waals surface area contributed by atoms with Crippen molar-refractivity contribution in [2.75, 3.05) is 13.1 Å². The first-order chi connectivity index (χ1) is 7.20. The van der Waals surface area contributed by atoms with Crippen LogP contribution in [0.4, 0.5) is 0 Å². The molecule has 82 valence electrons. The van der Waals surface area contributed by atoms with Gasteiger partial charge in [0.25, 0.3) is 11.8 Å². The van der Waals surface area contributed by atoms with Gasteiger partial charge in [0.15, 0.2) is 0 Å². The fourth-order valence-electron chi connectivity index (χ4n) is 2.17. The third-order valence-corrected chi connectivity index (χ3v) is 3.02. The van der Waals surface area contributed by atoms with Crippen molar-refractivity contribution in [3.05, 3.63) is 11.6 Å². The van der Waals surface area contributed by atoms with E-state index in [9.17, 15) is 9.59 Å². The van der Waals surface area contributed by atoms with E-state index in [0.717, 1.165) is 32.4 Å². The highest BCUT2D eigenvalue weighted by Gasteiger charge is 2.34. The van der Waals surface area contributed by atoms with Crippen LogP contribution < -0.4 is 5.32 Å². The summed E-state index contributed by atoms with van der Waals surface area (Å²) >= 11 is 0. The molecular formula is C11H16N2O2. The molecule has 0 aromatic rings. The van der Waals surface area contributed by atoms with Crippen LogP contribution in [0.25, 0.3) is 0 Å². The lowest BCUT2D eigenvalue weighted by molar-refractivity contribution is -0.139. The first-order valence-electron chi connectivity index (χ1n) is 5.46. The van der Waals surface area contributed by atoms with Crippen molar-refractivity contribution in [1.82, 2.24) is 10.2 Å². The van der Waals surface area contributed by atoms with Gasteiger partial charge in [0, 0.05) is 18.2 Å². The summed E-state index contributed by atoms with van der Waals surface area (Å²) < 4.78 is 0. The van der Waals surface area contributed by atoms with Gasteiger partial charge in [0.05, 0.1) is 6.04 Å². The maximum absolute atomic E-state index is 11.7. The lowest BCUT2D eigenvalue weighted by Gasteiger charge is -2.25. The fraction of sp³-hybridized carbons (Fsp3) is 0.636. The van der Waals surface area contributed by atoms with Gasteiger partial charge in [-0.15, -0.1) is 0 Å². The van der Waals surface area contributed by atoms with Gasteiger partial charge in [0.1, 0.15) is 0 Å². The van der Waals surface area contributed by atoms with Crippen LogP contribution in [0, 0.1) is 0 Å². The average molecular weight is 208 g/mol. The standard InChI is InChI=1S/C11H16N2O2/c1-8-6-10(14)13(11(8)15)9-4-2-3-5-12-7-9/h6,9,12H,2-5,7H2,1H3. The minimum Gasteiger partial charge on any atom is -0.315 e. The van der Waals surface area contributed by atoms with Crippen molar-refractivity contribution in [1.29, 1.82) is 0 Å². The second kappa shape index (κ2) is 4.14. The number of carbonyl (C=O) groups excluding carboxylic acids is 2. The molecule has 2 aliphatic rings. The van der Waals surface area contributed by atoms with E-state index in [1.807, 2.05) is 0 Å². The smallest absolute Gasteiger partial charge is 0.256 e. The van der Waals surface area contributed by atoms with Crippen molar-refractivity contribution in [2.45, 2.75) is 32.2 Å². The van der Waals surface area contributed by atoms with Gasteiger partial charge in [-0.2, -0.15) is 0 Å². The maximum Gasteiger partial charge on any atom is 0.256 e. The third-order valence-electron chi connectivity index (χ3n) is 3.02. The molecule has 0 radical (unpaired) electrons. The highest BCUT2D eigenvalue weighted by atomic mass is 16.2. The van der Waals surface area contributed by atoms with Crippen LogP contribution in [0.2, 0.25) is 0 Å². The number of imide groups is 1. The highest BCUT2D eigenvalue weighted by molar-refractivity contribution is 6.16. The summed E-state index contributed by atoms with van der Waals surface area (Å²) in [6.07, 6.45) is 4.56. The van der Waals surface area contributed by atoms with Crippen molar-refractivity contribution in [3.63, 3.8) is 0 Å². The van der Waals surface area contributed by atoms with E-state index in [4.69, 9.17) is 0 Å². The Morgan fingerprint density at radius 1 is 1.40 bits per heavy atom. The van der Waals surface area contributed by atoms with Crippen molar-refractivity contribution in [2.24, 2.45) is 0 Å². The molecule has 1 fully saturated rings. The summed E-state index contributed by atoms with van der Waals surface area (Å²) in [5.41, 5.74) is 0.559. The average Bonchev–Trinajstić information content (AvgIpc) is 2.46. The quantitative estimate of drug-likeness (QED) is 0.636. The summed E-state index contributed by atoms with van der Waals surface area (Å²) in [6, 6.07) is 0.0428. The van der Waals surface area contributed by atoms with Crippen LogP contribution >= 0.6 is 0 Å². The van der Waals surface area contributed by atoms with Crippen LogP contribution in [0.15, 0.2) is 11.6 Å². The molecule has 0 bridgehead atoms. The van der Waals surface area contributed by atoms with Gasteiger partial charge >= 0.3 is 0 Å². The minimum absolute atomic E-state index is 0.0428. The topological polar surface area (TPSA) is 49.4 Å². The number of nitrogens with zero attached hydrogens (tertiary/aromatic N) is 1. The lowest BCUT2D eigenvalue weighted by atomic mass is 10.1. The molecule has 0 aliphatic carbocycles. The zero-order valence-corrected chi connectivity index (χ0v) is 8.95. The summed E-state index contributed by atoms with van der Waals surface area (Å²) in [7, 11) is 0. The van der Waals surface area contributed by atoms with Crippen molar-refractivity contribution >= 4 is 11.8 Å². The SMILES string of the molecule is CC1=CC(=O)N(C2CCCCNC2)C1=O. The second-order valence-corrected chi connectivity index (χ2v) is 4.19. The number of hydrogen-bond acceptors (Lipinski definition) is 3. The molecule has 2 aliphatic heterocycles. The Morgan fingerprint density at radius 2 is 2.20 bits per heavy atom. The number of amides is 2. The normalized spacial score (nSPS) is 27.9. The molecule has 0 aromatic carbocycles. The molecule has 2 amide bonds. The highest BCUT2D eigenvalue weighted by Crippen LogP contribution is 2.19. The Kier molecular flexibility index (Phi) is 2.86. The number of hydrogen-bond donors (Lipinski definition) is 1. The van der Waals surface area contributed by atoms with Gasteiger partial charge in [-0.3, -0.25) is 14.5 Å². The predicted octanol–water partition coefficient (Wildman–Crippen LogP) is 0.444. The van der Waals surface area contributed by atoms with Crippen LogP contribution in [0.1, 0.15) is 26.2 Å². The Morgan fingerprint density at radius 3 is 2.87 bits per heavy atom. The molecule has 0 spiro atoms. The lowest BCUT2D eigenvalue weighted by Crippen LogP contribution is -2.45. The van der Waals surface area contributed by atoms with E-state index in [1.165, 1.54) is 11.0 Å². The van der Waals surface area contributed by atoms with E-state index >= 15 is 0 Å². The summed E-state index contributed by atoms with van der Waals surface area (Å²) in [5, 5.41) is 3.26. The van der Waals surface area contributed by atoms with E-state index in [1.54, 1.807) is 6.92 Å². The molecule has 1 N–H and O–H groups in total. The number of nitrogens with one attached hydrogen (secondary N) is 1. The third kappa shape index (κ3) is 1.95. The van der Waals surface area contributed by atoms with Crippen molar-refractivity contribution < 1.29 is 9.59 Å². The van der Waals surface area contributed by atoms with E-state index < -0.39 is 0 Å². The predicted molar refractivity (Wildman–Crippen MR) is 56.1 cm³/mol. The molecule has 0 saturated carbocycles. The van der Waals surface area contributed by atoms with E-state index in [-0.39, 0.29) is 17.9 Å². The fourth-order valence-corrected chi connectivity index (χ4v) is 2.17. The molecule has 1 saturated heterocycles. The molecular weight excluding hydrogens is 192 g/mol. The summed E-state index contributed by atoms with van der Waals surface area (Å²) in [5.74, 6) is -0.264. The van der Waals surface area contributed by atoms with E-state index in [2.05, 4.69) is 5.32 Å². The zero-order valence-electron chi connectivity index (χ0n) is 8.95. The molecule has 4 heteroatoms. The monoisotopic (exact) mass is 208 g/mol. The Labute approximate surface area is 89.3 Å². The molecule has 4 nitrogen and oxygen atoms in total. The Hall–Kier alpha value is -1.16. The maximum atomic E-state index is 11.7. The van der Waals surface area contributed by atoms with Gasteiger partial charge in [-0.1, -0.05) is 6.42 Å². The van der Waals surface area contributed by atoms with Crippen LogP contribution in [-0.4, -0.2) is 35.8 Å². The van der Waals surface area contributed by atoms with E-state index in [0.29, 0.717) is 5.57 Å². The van der Waals surface area contributed by atoms with Crippen LogP contribution in [-0.2, 0) is 9.59 Å². The van der Waals surface area contributed by atoms with Crippen LogP contribution in [0.3, 0.4) is 0 Å².